The third kappa shape index (κ3) is 6.47. The molecule has 35 heavy (non-hydrogen) atoms. The van der Waals surface area contributed by atoms with E-state index in [0.717, 1.165) is 66.2 Å². The molecule has 1 aromatic heterocycles. The molecule has 0 saturated carbocycles. The van der Waals surface area contributed by atoms with E-state index in [1.54, 1.807) is 20.4 Å². The maximum atomic E-state index is 11.0. The van der Waals surface area contributed by atoms with Crippen molar-refractivity contribution in [3.63, 3.8) is 0 Å². The van der Waals surface area contributed by atoms with Crippen molar-refractivity contribution in [2.75, 3.05) is 46.2 Å². The number of likely N-dealkylation sites (tertiary alicyclic amines) is 1. The van der Waals surface area contributed by atoms with Crippen LogP contribution in [-0.2, 0) is 0 Å². The molecular weight excluding hydrogens is 460 g/mol. The number of hydrogen-bond acceptors (Lipinski definition) is 7. The van der Waals surface area contributed by atoms with Gasteiger partial charge in [0.2, 0.25) is 0 Å². The van der Waals surface area contributed by atoms with E-state index in [4.69, 9.17) is 9.47 Å². The predicted octanol–water partition coefficient (Wildman–Crippen LogP) is 4.79. The zero-order valence-electron chi connectivity index (χ0n) is 20.6. The van der Waals surface area contributed by atoms with Gasteiger partial charge in [-0.25, -0.2) is 0 Å². The highest BCUT2D eigenvalue weighted by molar-refractivity contribution is 7.99. The van der Waals surface area contributed by atoms with Gasteiger partial charge in [-0.1, -0.05) is 12.1 Å². The summed E-state index contributed by atoms with van der Waals surface area (Å²) in [5, 5.41) is 22.1. The molecule has 0 unspecified atom stereocenters. The van der Waals surface area contributed by atoms with Gasteiger partial charge in [-0.15, -0.1) is 11.8 Å². The van der Waals surface area contributed by atoms with E-state index in [0.29, 0.717) is 12.3 Å². The Kier molecular flexibility index (Phi) is 9.26. The minimum Gasteiger partial charge on any atom is -0.497 e. The number of pyridine rings is 1. The lowest BCUT2D eigenvalue weighted by Crippen LogP contribution is -2.43. The third-order valence-corrected chi connectivity index (χ3v) is 8.13. The van der Waals surface area contributed by atoms with Crippen molar-refractivity contribution in [1.29, 1.82) is 0 Å². The molecule has 2 heterocycles. The molecule has 6 nitrogen and oxygen atoms in total. The first kappa shape index (κ1) is 25.8. The van der Waals surface area contributed by atoms with Crippen molar-refractivity contribution >= 4 is 22.7 Å². The van der Waals surface area contributed by atoms with E-state index in [-0.39, 0.29) is 12.5 Å². The largest absolute Gasteiger partial charge is 0.497 e. The highest BCUT2D eigenvalue weighted by Gasteiger charge is 2.29. The topological polar surface area (TPSA) is 75.1 Å². The van der Waals surface area contributed by atoms with Crippen LogP contribution in [0.4, 0.5) is 0 Å². The average Bonchev–Trinajstić information content (AvgIpc) is 2.91. The van der Waals surface area contributed by atoms with Crippen molar-refractivity contribution in [3.05, 3.63) is 60.3 Å². The fourth-order valence-corrected chi connectivity index (χ4v) is 6.10. The van der Waals surface area contributed by atoms with Gasteiger partial charge in [-0.05, 0) is 79.6 Å². The molecule has 1 saturated heterocycles. The molecule has 0 radical (unpaired) electrons. The van der Waals surface area contributed by atoms with Gasteiger partial charge in [0.1, 0.15) is 11.5 Å². The number of fused-ring (bicyclic) bond motifs is 1. The van der Waals surface area contributed by atoms with Gasteiger partial charge >= 0.3 is 0 Å². The smallest absolute Gasteiger partial charge is 0.132 e. The zero-order chi connectivity index (χ0) is 24.6. The summed E-state index contributed by atoms with van der Waals surface area (Å²) in [5.74, 6) is 3.32. The Morgan fingerprint density at radius 2 is 1.97 bits per heavy atom. The number of ether oxygens (including phenoxy) is 2. The minimum absolute atomic E-state index is 0.187. The second kappa shape index (κ2) is 12.6. The number of aromatic nitrogens is 1. The Morgan fingerprint density at radius 3 is 2.77 bits per heavy atom. The number of rotatable bonds is 11. The van der Waals surface area contributed by atoms with Crippen LogP contribution in [0, 0.1) is 11.8 Å². The van der Waals surface area contributed by atoms with E-state index >= 15 is 0 Å². The summed E-state index contributed by atoms with van der Waals surface area (Å²) in [4.78, 5) is 8.05. The van der Waals surface area contributed by atoms with Gasteiger partial charge in [0.15, 0.2) is 0 Å². The van der Waals surface area contributed by atoms with Crippen LogP contribution >= 0.6 is 11.8 Å². The molecule has 1 aliphatic heterocycles. The van der Waals surface area contributed by atoms with Crippen LogP contribution in [0.25, 0.3) is 10.9 Å². The van der Waals surface area contributed by atoms with E-state index in [1.807, 2.05) is 54.2 Å². The van der Waals surface area contributed by atoms with Gasteiger partial charge in [-0.2, -0.15) is 0 Å². The Labute approximate surface area is 212 Å². The molecular formula is C28H36N2O4S. The van der Waals surface area contributed by atoms with Gasteiger partial charge in [0.05, 0.1) is 25.8 Å². The van der Waals surface area contributed by atoms with E-state index in [9.17, 15) is 10.2 Å². The maximum Gasteiger partial charge on any atom is 0.132 e. The standard InChI is InChI=1S/C28H36N2O4S/c1-33-22-8-9-25-24(17-22)23(11-13-29-25)26(32)10-7-20-12-14-30(18-21(20)19-31)15-16-35-28-6-4-3-5-27(28)34-2/h3-6,8-9,11,13,17,20-21,26,31-32H,7,10,12,14-16,18-19H2,1-2H3/t20-,21-,26-/m1/s1. The first-order valence-corrected chi connectivity index (χ1v) is 13.3. The number of aliphatic hydroxyl groups excluding tert-OH is 2. The van der Waals surface area contributed by atoms with Crippen LogP contribution in [0.2, 0.25) is 0 Å². The molecule has 2 N–H and O–H groups in total. The first-order chi connectivity index (χ1) is 17.1. The quantitative estimate of drug-likeness (QED) is 0.370. The fourth-order valence-electron chi connectivity index (χ4n) is 5.06. The third-order valence-electron chi connectivity index (χ3n) is 7.10. The summed E-state index contributed by atoms with van der Waals surface area (Å²) >= 11 is 1.81. The van der Waals surface area contributed by atoms with Crippen LogP contribution < -0.4 is 9.47 Å². The Morgan fingerprint density at radius 1 is 1.11 bits per heavy atom. The monoisotopic (exact) mass is 496 g/mol. The zero-order valence-corrected chi connectivity index (χ0v) is 21.4. The summed E-state index contributed by atoms with van der Waals surface area (Å²) in [6.45, 7) is 3.10. The number of piperidine rings is 1. The Bertz CT molecular complexity index is 1100. The highest BCUT2D eigenvalue weighted by atomic mass is 32.2. The highest BCUT2D eigenvalue weighted by Crippen LogP contribution is 2.34. The normalized spacial score (nSPS) is 19.5. The summed E-state index contributed by atoms with van der Waals surface area (Å²) < 4.78 is 10.8. The molecule has 2 aromatic carbocycles. The van der Waals surface area contributed by atoms with Crippen LogP contribution in [0.15, 0.2) is 59.6 Å². The SMILES string of the molecule is COc1ccc2nccc([C@H](O)CC[C@@H]3CCN(CCSc4ccccc4OC)C[C@@H]3CO)c2c1. The first-order valence-electron chi connectivity index (χ1n) is 12.3. The second-order valence-electron chi connectivity index (χ2n) is 9.17. The minimum atomic E-state index is -0.567. The van der Waals surface area contributed by atoms with Gasteiger partial charge in [0, 0.05) is 41.9 Å². The van der Waals surface area contributed by atoms with Crippen LogP contribution in [0.3, 0.4) is 0 Å². The fraction of sp³-hybridized carbons (Fsp3) is 0.464. The molecule has 1 fully saturated rings. The average molecular weight is 497 g/mol. The number of aliphatic hydroxyl groups is 2. The molecule has 3 atom stereocenters. The maximum absolute atomic E-state index is 11.0. The van der Waals surface area contributed by atoms with Gasteiger partial charge in [-0.3, -0.25) is 4.98 Å². The number of thioether (sulfide) groups is 1. The molecule has 1 aliphatic rings. The number of para-hydroxylation sites is 1. The molecule has 0 spiro atoms. The molecule has 4 rings (SSSR count). The van der Waals surface area contributed by atoms with Crippen molar-refractivity contribution in [2.24, 2.45) is 11.8 Å². The van der Waals surface area contributed by atoms with Crippen LogP contribution in [0.5, 0.6) is 11.5 Å². The molecule has 0 amide bonds. The van der Waals surface area contributed by atoms with E-state index < -0.39 is 6.10 Å². The van der Waals surface area contributed by atoms with Crippen molar-refractivity contribution in [1.82, 2.24) is 9.88 Å². The second-order valence-corrected chi connectivity index (χ2v) is 10.3. The van der Waals surface area contributed by atoms with Crippen LogP contribution in [-0.4, -0.2) is 66.3 Å². The van der Waals surface area contributed by atoms with Gasteiger partial charge in [0.25, 0.3) is 0 Å². The predicted molar refractivity (Wildman–Crippen MR) is 141 cm³/mol. The van der Waals surface area contributed by atoms with Crippen LogP contribution in [0.1, 0.15) is 30.9 Å². The lowest BCUT2D eigenvalue weighted by atomic mass is 9.81. The van der Waals surface area contributed by atoms with Gasteiger partial charge < -0.3 is 24.6 Å². The number of nitrogens with zero attached hydrogens (tertiary/aromatic N) is 2. The lowest BCUT2D eigenvalue weighted by molar-refractivity contribution is 0.0608. The Balaban J connectivity index is 1.29. The summed E-state index contributed by atoms with van der Waals surface area (Å²) in [6, 6.07) is 15.8. The van der Waals surface area contributed by atoms with Crippen molar-refractivity contribution < 1.29 is 19.7 Å². The van der Waals surface area contributed by atoms with Crippen molar-refractivity contribution in [3.8, 4) is 11.5 Å². The molecule has 7 heteroatoms. The molecule has 0 bridgehead atoms. The Hall–Kier alpha value is -2.32. The molecule has 188 valence electrons. The molecule has 0 aliphatic carbocycles. The van der Waals surface area contributed by atoms with E-state index in [2.05, 4.69) is 16.0 Å². The van der Waals surface area contributed by atoms with Crippen molar-refractivity contribution in [2.45, 2.75) is 30.3 Å². The summed E-state index contributed by atoms with van der Waals surface area (Å²) in [6.07, 6.45) is 3.79. The summed E-state index contributed by atoms with van der Waals surface area (Å²) in [7, 11) is 3.35. The molecule has 3 aromatic rings. The number of benzene rings is 2. The number of methoxy groups -OCH3 is 2. The van der Waals surface area contributed by atoms with E-state index in [1.165, 1.54) is 4.90 Å². The lowest BCUT2D eigenvalue weighted by Gasteiger charge is -2.38. The number of hydrogen-bond donors (Lipinski definition) is 2. The summed E-state index contributed by atoms with van der Waals surface area (Å²) in [5.41, 5.74) is 1.75.